The van der Waals surface area contributed by atoms with Crippen molar-refractivity contribution in [2.24, 2.45) is 0 Å². The smallest absolute Gasteiger partial charge is 0.416 e. The zero-order valence-corrected chi connectivity index (χ0v) is 12.2. The van der Waals surface area contributed by atoms with E-state index in [1.807, 2.05) is 0 Å². The van der Waals surface area contributed by atoms with Crippen molar-refractivity contribution in [1.82, 2.24) is 0 Å². The lowest BCUT2D eigenvalue weighted by molar-refractivity contribution is -0.137. The number of benzene rings is 2. The number of ketones is 1. The van der Waals surface area contributed by atoms with Crippen LogP contribution in [-0.4, -0.2) is 12.9 Å². The fourth-order valence-corrected chi connectivity index (χ4v) is 1.85. The molecule has 0 saturated carbocycles. The van der Waals surface area contributed by atoms with Gasteiger partial charge >= 0.3 is 6.18 Å². The SMILES string of the molecule is COc1ccc(C(=O)/C=C/Nc2cccc(C(F)(F)F)c2)cc1. The summed E-state index contributed by atoms with van der Waals surface area (Å²) in [5, 5.41) is 2.65. The molecule has 0 heterocycles. The Balaban J connectivity index is 2.02. The van der Waals surface area contributed by atoms with Crippen LogP contribution in [-0.2, 0) is 6.18 Å². The summed E-state index contributed by atoms with van der Waals surface area (Å²) in [6, 6.07) is 11.3. The van der Waals surface area contributed by atoms with Crippen LogP contribution in [0.4, 0.5) is 18.9 Å². The summed E-state index contributed by atoms with van der Waals surface area (Å²) in [6.45, 7) is 0. The van der Waals surface area contributed by atoms with E-state index in [1.54, 1.807) is 24.3 Å². The molecule has 1 N–H and O–H groups in total. The Morgan fingerprint density at radius 1 is 1.13 bits per heavy atom. The van der Waals surface area contributed by atoms with Gasteiger partial charge in [-0.3, -0.25) is 4.79 Å². The second-order valence-electron chi connectivity index (χ2n) is 4.65. The number of halogens is 3. The topological polar surface area (TPSA) is 38.3 Å². The fourth-order valence-electron chi connectivity index (χ4n) is 1.85. The number of hydrogen-bond donors (Lipinski definition) is 1. The molecule has 0 bridgehead atoms. The molecule has 120 valence electrons. The summed E-state index contributed by atoms with van der Waals surface area (Å²) < 4.78 is 42.8. The minimum Gasteiger partial charge on any atom is -0.497 e. The van der Waals surface area contributed by atoms with E-state index in [1.165, 1.54) is 31.5 Å². The van der Waals surface area contributed by atoms with Gasteiger partial charge in [-0.15, -0.1) is 0 Å². The average molecular weight is 321 g/mol. The van der Waals surface area contributed by atoms with E-state index >= 15 is 0 Å². The largest absolute Gasteiger partial charge is 0.497 e. The number of anilines is 1. The molecule has 3 nitrogen and oxygen atoms in total. The van der Waals surface area contributed by atoms with Gasteiger partial charge < -0.3 is 10.1 Å². The first kappa shape index (κ1) is 16.6. The molecule has 0 radical (unpaired) electrons. The number of ether oxygens (including phenoxy) is 1. The number of nitrogens with one attached hydrogen (secondary N) is 1. The first-order valence-corrected chi connectivity index (χ1v) is 6.69. The van der Waals surface area contributed by atoms with Crippen LogP contribution in [0.1, 0.15) is 15.9 Å². The quantitative estimate of drug-likeness (QED) is 0.650. The lowest BCUT2D eigenvalue weighted by atomic mass is 10.1. The summed E-state index contributed by atoms with van der Waals surface area (Å²) in [4.78, 5) is 11.9. The summed E-state index contributed by atoms with van der Waals surface area (Å²) >= 11 is 0. The average Bonchev–Trinajstić information content (AvgIpc) is 2.54. The molecule has 0 atom stereocenters. The normalized spacial score (nSPS) is 11.5. The van der Waals surface area contributed by atoms with E-state index in [4.69, 9.17) is 4.74 Å². The lowest BCUT2D eigenvalue weighted by Gasteiger charge is -2.08. The number of methoxy groups -OCH3 is 1. The Bertz CT molecular complexity index is 707. The summed E-state index contributed by atoms with van der Waals surface area (Å²) in [7, 11) is 1.52. The van der Waals surface area contributed by atoms with E-state index in [2.05, 4.69) is 5.32 Å². The van der Waals surface area contributed by atoms with Crippen molar-refractivity contribution in [1.29, 1.82) is 0 Å². The summed E-state index contributed by atoms with van der Waals surface area (Å²) in [6.07, 6.45) is -1.84. The third kappa shape index (κ3) is 4.60. The molecule has 2 aromatic carbocycles. The highest BCUT2D eigenvalue weighted by Crippen LogP contribution is 2.30. The van der Waals surface area contributed by atoms with Gasteiger partial charge in [0.05, 0.1) is 12.7 Å². The number of rotatable bonds is 5. The van der Waals surface area contributed by atoms with Crippen LogP contribution in [0.25, 0.3) is 0 Å². The summed E-state index contributed by atoms with van der Waals surface area (Å²) in [5.41, 5.74) is -0.0520. The van der Waals surface area contributed by atoms with Crippen LogP contribution < -0.4 is 10.1 Å². The van der Waals surface area contributed by atoms with Crippen molar-refractivity contribution in [2.45, 2.75) is 6.18 Å². The molecule has 6 heteroatoms. The number of carbonyl (C=O) groups is 1. The maximum atomic E-state index is 12.6. The van der Waals surface area contributed by atoms with Gasteiger partial charge in [-0.25, -0.2) is 0 Å². The van der Waals surface area contributed by atoms with Gasteiger partial charge in [0.1, 0.15) is 5.75 Å². The van der Waals surface area contributed by atoms with Crippen LogP contribution in [0.15, 0.2) is 60.8 Å². The predicted octanol–water partition coefficient (Wildman–Crippen LogP) is 4.52. The number of allylic oxidation sites excluding steroid dienone is 1. The molecule has 0 spiro atoms. The number of alkyl halides is 3. The first-order chi connectivity index (χ1) is 10.9. The zero-order valence-electron chi connectivity index (χ0n) is 12.2. The molecule has 0 aliphatic heterocycles. The Labute approximate surface area is 131 Å². The molecule has 0 unspecified atom stereocenters. The van der Waals surface area contributed by atoms with Gasteiger partial charge in [0.2, 0.25) is 0 Å². The second-order valence-corrected chi connectivity index (χ2v) is 4.65. The maximum absolute atomic E-state index is 12.6. The molecule has 0 amide bonds. The second kappa shape index (κ2) is 7.00. The fraction of sp³-hybridized carbons (Fsp3) is 0.118. The standard InChI is InChI=1S/C17H14F3NO2/c1-23-15-7-5-12(6-8-15)16(22)9-10-21-14-4-2-3-13(11-14)17(18,19)20/h2-11,21H,1H3/b10-9+. The van der Waals surface area contributed by atoms with Crippen molar-refractivity contribution in [2.75, 3.05) is 12.4 Å². The van der Waals surface area contributed by atoms with Gasteiger partial charge in [0.25, 0.3) is 0 Å². The number of carbonyl (C=O) groups excluding carboxylic acids is 1. The van der Waals surface area contributed by atoms with E-state index < -0.39 is 11.7 Å². The highest BCUT2D eigenvalue weighted by molar-refractivity contribution is 6.04. The van der Waals surface area contributed by atoms with Gasteiger partial charge in [-0.05, 0) is 42.5 Å². The summed E-state index contributed by atoms with van der Waals surface area (Å²) in [5.74, 6) is 0.361. The van der Waals surface area contributed by atoms with Crippen LogP contribution in [0, 0.1) is 0 Å². The minimum atomic E-state index is -4.40. The predicted molar refractivity (Wildman–Crippen MR) is 81.5 cm³/mol. The minimum absolute atomic E-state index is 0.249. The molecule has 2 aromatic rings. The van der Waals surface area contributed by atoms with Crippen molar-refractivity contribution in [3.05, 3.63) is 71.9 Å². The van der Waals surface area contributed by atoms with E-state index in [9.17, 15) is 18.0 Å². The molecule has 0 aromatic heterocycles. The van der Waals surface area contributed by atoms with Crippen LogP contribution >= 0.6 is 0 Å². The Morgan fingerprint density at radius 2 is 1.83 bits per heavy atom. The maximum Gasteiger partial charge on any atom is 0.416 e. The van der Waals surface area contributed by atoms with Crippen LogP contribution in [0.3, 0.4) is 0 Å². The lowest BCUT2D eigenvalue weighted by Crippen LogP contribution is -2.05. The highest BCUT2D eigenvalue weighted by Gasteiger charge is 2.30. The highest BCUT2D eigenvalue weighted by atomic mass is 19.4. The van der Waals surface area contributed by atoms with Crippen molar-refractivity contribution in [3.63, 3.8) is 0 Å². The van der Waals surface area contributed by atoms with Crippen LogP contribution in [0.2, 0.25) is 0 Å². The zero-order chi connectivity index (χ0) is 16.9. The van der Waals surface area contributed by atoms with Gasteiger partial charge in [-0.1, -0.05) is 6.07 Å². The monoisotopic (exact) mass is 321 g/mol. The van der Waals surface area contributed by atoms with E-state index in [-0.39, 0.29) is 11.5 Å². The molecular formula is C17H14F3NO2. The molecule has 0 aliphatic rings. The molecule has 0 fully saturated rings. The van der Waals surface area contributed by atoms with Crippen molar-refractivity contribution >= 4 is 11.5 Å². The van der Waals surface area contributed by atoms with Crippen molar-refractivity contribution < 1.29 is 22.7 Å². The van der Waals surface area contributed by atoms with Gasteiger partial charge in [0, 0.05) is 23.5 Å². The third-order valence-electron chi connectivity index (χ3n) is 3.05. The van der Waals surface area contributed by atoms with Crippen molar-refractivity contribution in [3.8, 4) is 5.75 Å². The van der Waals surface area contributed by atoms with Crippen LogP contribution in [0.5, 0.6) is 5.75 Å². The molecule has 0 saturated heterocycles. The van der Waals surface area contributed by atoms with Gasteiger partial charge in [-0.2, -0.15) is 13.2 Å². The Kier molecular flexibility index (Phi) is 5.05. The third-order valence-corrected chi connectivity index (χ3v) is 3.05. The van der Waals surface area contributed by atoms with Gasteiger partial charge in [0.15, 0.2) is 5.78 Å². The molecule has 23 heavy (non-hydrogen) atoms. The molecule has 0 aliphatic carbocycles. The number of hydrogen-bond acceptors (Lipinski definition) is 3. The molecular weight excluding hydrogens is 307 g/mol. The first-order valence-electron chi connectivity index (χ1n) is 6.69. The van der Waals surface area contributed by atoms with E-state index in [0.29, 0.717) is 11.3 Å². The van der Waals surface area contributed by atoms with E-state index in [0.717, 1.165) is 12.1 Å². The Morgan fingerprint density at radius 3 is 2.43 bits per heavy atom. The Hall–Kier alpha value is -2.76. The molecule has 2 rings (SSSR count).